The van der Waals surface area contributed by atoms with Crippen molar-refractivity contribution in [2.75, 3.05) is 37.7 Å². The molecule has 0 radical (unpaired) electrons. The molecule has 1 aliphatic carbocycles. The number of nitrogens with zero attached hydrogens (tertiary/aromatic N) is 3. The molecule has 2 aromatic rings. The highest BCUT2D eigenvalue weighted by molar-refractivity contribution is 5.77. The topological polar surface area (TPSA) is 54.9 Å². The number of carbonyl (C=O) groups is 1. The van der Waals surface area contributed by atoms with E-state index in [1.807, 2.05) is 23.1 Å². The lowest BCUT2D eigenvalue weighted by Gasteiger charge is -2.20. The minimum atomic E-state index is -2.57. The molecule has 35 heavy (non-hydrogen) atoms. The van der Waals surface area contributed by atoms with Gasteiger partial charge in [-0.1, -0.05) is 19.1 Å². The molecule has 0 N–H and O–H groups in total. The Morgan fingerprint density at radius 1 is 1.11 bits per heavy atom. The lowest BCUT2D eigenvalue weighted by molar-refractivity contribution is -0.130. The van der Waals surface area contributed by atoms with Gasteiger partial charge in [0, 0.05) is 38.9 Å². The average Bonchev–Trinajstić information content (AvgIpc) is 3.29. The minimum absolute atomic E-state index is 0.0278. The lowest BCUT2D eigenvalue weighted by atomic mass is 9.97. The van der Waals surface area contributed by atoms with Gasteiger partial charge in [-0.2, -0.15) is 0 Å². The van der Waals surface area contributed by atoms with Crippen LogP contribution in [0.25, 0.3) is 0 Å². The zero-order chi connectivity index (χ0) is 24.4. The summed E-state index contributed by atoms with van der Waals surface area (Å²) in [5, 5.41) is 0. The van der Waals surface area contributed by atoms with Crippen molar-refractivity contribution in [3.8, 4) is 11.5 Å². The zero-order valence-electron chi connectivity index (χ0n) is 20.2. The second kappa shape index (κ2) is 9.99. The summed E-state index contributed by atoms with van der Waals surface area (Å²) in [5.41, 5.74) is 1.15. The molecule has 1 saturated carbocycles. The van der Waals surface area contributed by atoms with E-state index in [0.717, 1.165) is 62.6 Å². The largest absolute Gasteiger partial charge is 0.491 e. The number of hydrogen-bond acceptors (Lipinski definition) is 5. The fraction of sp³-hybridized carbons (Fsp3) is 0.556. The highest BCUT2D eigenvalue weighted by Crippen LogP contribution is 2.48. The number of hydrogen-bond donors (Lipinski definition) is 0. The fourth-order valence-corrected chi connectivity index (χ4v) is 4.87. The molecule has 3 aliphatic rings. The van der Waals surface area contributed by atoms with Crippen LogP contribution in [0.2, 0.25) is 0 Å². The van der Waals surface area contributed by atoms with Crippen LogP contribution in [0.15, 0.2) is 42.6 Å². The summed E-state index contributed by atoms with van der Waals surface area (Å²) in [4.78, 5) is 21.0. The summed E-state index contributed by atoms with van der Waals surface area (Å²) >= 11 is 0. The molecule has 1 aromatic carbocycles. The van der Waals surface area contributed by atoms with Gasteiger partial charge >= 0.3 is 0 Å². The number of aromatic nitrogens is 1. The van der Waals surface area contributed by atoms with E-state index >= 15 is 0 Å². The first kappa shape index (κ1) is 23.8. The maximum atomic E-state index is 13.0. The molecule has 3 heterocycles. The second-order valence-electron chi connectivity index (χ2n) is 10.1. The van der Waals surface area contributed by atoms with E-state index in [9.17, 15) is 13.6 Å². The third kappa shape index (κ3) is 5.85. The van der Waals surface area contributed by atoms with Crippen molar-refractivity contribution in [3.63, 3.8) is 0 Å². The monoisotopic (exact) mass is 485 g/mol. The van der Waals surface area contributed by atoms with Crippen LogP contribution in [0.1, 0.15) is 50.5 Å². The molecule has 5 rings (SSSR count). The van der Waals surface area contributed by atoms with Gasteiger partial charge in [-0.25, -0.2) is 13.8 Å². The first-order valence-corrected chi connectivity index (χ1v) is 12.6. The number of pyridine rings is 1. The van der Waals surface area contributed by atoms with E-state index in [2.05, 4.69) is 28.9 Å². The van der Waals surface area contributed by atoms with Crippen molar-refractivity contribution >= 4 is 11.7 Å². The summed E-state index contributed by atoms with van der Waals surface area (Å²) < 4.78 is 37.6. The van der Waals surface area contributed by atoms with Crippen molar-refractivity contribution in [1.82, 2.24) is 9.88 Å². The van der Waals surface area contributed by atoms with Crippen molar-refractivity contribution in [3.05, 3.63) is 48.2 Å². The molecule has 188 valence electrons. The molecule has 1 amide bonds. The summed E-state index contributed by atoms with van der Waals surface area (Å²) in [6.45, 7) is 5.48. The number of alkyl halides is 2. The standard InChI is InChI=1S/C27H33F2N3O3/c1-19(14-26(33)31-11-2-3-12-31)20-4-6-22(7-5-20)35-24-10-13-32(17-24)25-9-8-23(16-30-25)34-18-21-15-27(21,28)29/h4-9,16,19,21,24H,2-3,10-15,17-18H2,1H3/t19-,21?,24?/m1/s1. The van der Waals surface area contributed by atoms with Gasteiger partial charge in [0.25, 0.3) is 5.92 Å². The third-order valence-corrected chi connectivity index (χ3v) is 7.29. The normalized spacial score (nSPS) is 23.9. The predicted octanol–water partition coefficient (Wildman–Crippen LogP) is 4.89. The Kier molecular flexibility index (Phi) is 6.80. The number of amides is 1. The first-order valence-electron chi connectivity index (χ1n) is 12.6. The Morgan fingerprint density at radius 2 is 1.83 bits per heavy atom. The number of rotatable bonds is 9. The highest BCUT2D eigenvalue weighted by atomic mass is 19.3. The van der Waals surface area contributed by atoms with E-state index in [1.165, 1.54) is 0 Å². The molecule has 6 nitrogen and oxygen atoms in total. The van der Waals surface area contributed by atoms with E-state index in [-0.39, 0.29) is 31.0 Å². The summed E-state index contributed by atoms with van der Waals surface area (Å²) in [6, 6.07) is 11.7. The van der Waals surface area contributed by atoms with Crippen molar-refractivity contribution in [2.45, 2.75) is 57.0 Å². The number of likely N-dealkylation sites (tertiary alicyclic amines) is 1. The van der Waals surface area contributed by atoms with Crippen molar-refractivity contribution in [1.29, 1.82) is 0 Å². The van der Waals surface area contributed by atoms with Crippen LogP contribution in [-0.4, -0.2) is 60.6 Å². The SMILES string of the molecule is C[C@H](CC(=O)N1CCCC1)c1ccc(OC2CCN(c3ccc(OCC4CC4(F)F)cn3)C2)cc1. The van der Waals surface area contributed by atoms with Crippen LogP contribution in [0.4, 0.5) is 14.6 Å². The van der Waals surface area contributed by atoms with Gasteiger partial charge in [-0.15, -0.1) is 0 Å². The number of carbonyl (C=O) groups excluding carboxylic acids is 1. The number of ether oxygens (including phenoxy) is 2. The summed E-state index contributed by atoms with van der Waals surface area (Å²) in [5.74, 6) is -0.646. The Bertz CT molecular complexity index is 1010. The maximum Gasteiger partial charge on any atom is 0.255 e. The van der Waals surface area contributed by atoms with Crippen LogP contribution >= 0.6 is 0 Å². The van der Waals surface area contributed by atoms with Crippen LogP contribution in [0, 0.1) is 5.92 Å². The van der Waals surface area contributed by atoms with Crippen molar-refractivity contribution < 1.29 is 23.0 Å². The summed E-state index contributed by atoms with van der Waals surface area (Å²) in [6.07, 6.45) is 5.23. The van der Waals surface area contributed by atoms with E-state index in [1.54, 1.807) is 12.3 Å². The molecular formula is C27H33F2N3O3. The van der Waals surface area contributed by atoms with Crippen LogP contribution in [-0.2, 0) is 4.79 Å². The maximum absolute atomic E-state index is 13.0. The third-order valence-electron chi connectivity index (χ3n) is 7.29. The Morgan fingerprint density at radius 3 is 2.49 bits per heavy atom. The first-order chi connectivity index (χ1) is 16.9. The minimum Gasteiger partial charge on any atom is -0.491 e. The van der Waals surface area contributed by atoms with Gasteiger partial charge in [0.1, 0.15) is 23.4 Å². The number of halogens is 2. The Labute approximate surface area is 205 Å². The van der Waals surface area contributed by atoms with E-state index in [0.29, 0.717) is 12.2 Å². The number of benzene rings is 1. The molecule has 2 aliphatic heterocycles. The fourth-order valence-electron chi connectivity index (χ4n) is 4.87. The molecule has 3 atom stereocenters. The van der Waals surface area contributed by atoms with Gasteiger partial charge in [-0.05, 0) is 48.6 Å². The van der Waals surface area contributed by atoms with Gasteiger partial charge in [-0.3, -0.25) is 4.79 Å². The molecule has 8 heteroatoms. The Hall–Kier alpha value is -2.90. The van der Waals surface area contributed by atoms with Crippen LogP contribution < -0.4 is 14.4 Å². The van der Waals surface area contributed by atoms with Gasteiger partial charge < -0.3 is 19.3 Å². The zero-order valence-corrected chi connectivity index (χ0v) is 20.2. The van der Waals surface area contributed by atoms with Gasteiger partial charge in [0.15, 0.2) is 0 Å². The van der Waals surface area contributed by atoms with Crippen LogP contribution in [0.5, 0.6) is 11.5 Å². The van der Waals surface area contributed by atoms with Crippen LogP contribution in [0.3, 0.4) is 0 Å². The van der Waals surface area contributed by atoms with E-state index < -0.39 is 11.8 Å². The predicted molar refractivity (Wildman–Crippen MR) is 129 cm³/mol. The summed E-state index contributed by atoms with van der Waals surface area (Å²) in [7, 11) is 0. The highest BCUT2D eigenvalue weighted by Gasteiger charge is 2.57. The van der Waals surface area contributed by atoms with Gasteiger partial charge in [0.05, 0.1) is 25.3 Å². The molecule has 2 saturated heterocycles. The number of anilines is 1. The van der Waals surface area contributed by atoms with E-state index in [4.69, 9.17) is 9.47 Å². The molecule has 3 fully saturated rings. The molecule has 0 bridgehead atoms. The molecule has 1 aromatic heterocycles. The Balaban J connectivity index is 1.08. The lowest BCUT2D eigenvalue weighted by Crippen LogP contribution is -2.28. The molecular weight excluding hydrogens is 452 g/mol. The molecule has 0 spiro atoms. The van der Waals surface area contributed by atoms with Gasteiger partial charge in [0.2, 0.25) is 5.91 Å². The quantitative estimate of drug-likeness (QED) is 0.506. The van der Waals surface area contributed by atoms with Crippen molar-refractivity contribution in [2.24, 2.45) is 5.92 Å². The average molecular weight is 486 g/mol. The molecule has 2 unspecified atom stereocenters. The second-order valence-corrected chi connectivity index (χ2v) is 10.1. The smallest absolute Gasteiger partial charge is 0.255 e.